The van der Waals surface area contributed by atoms with E-state index in [2.05, 4.69) is 20.6 Å². The van der Waals surface area contributed by atoms with Crippen molar-refractivity contribution in [2.45, 2.75) is 45.8 Å². The molecule has 3 heterocycles. The van der Waals surface area contributed by atoms with Crippen LogP contribution in [-0.4, -0.2) is 20.4 Å². The van der Waals surface area contributed by atoms with E-state index in [0.29, 0.717) is 36.5 Å². The van der Waals surface area contributed by atoms with Gasteiger partial charge in [0.2, 0.25) is 5.91 Å². The second-order valence-corrected chi connectivity index (χ2v) is 7.97. The van der Waals surface area contributed by atoms with Gasteiger partial charge >= 0.3 is 0 Å². The Morgan fingerprint density at radius 1 is 1.22 bits per heavy atom. The number of nitrogens with one attached hydrogen (secondary N) is 2. The Morgan fingerprint density at radius 2 is 2.03 bits per heavy atom. The summed E-state index contributed by atoms with van der Waals surface area (Å²) in [6.45, 7) is 4.11. The summed E-state index contributed by atoms with van der Waals surface area (Å²) in [6, 6.07) is 7.69. The van der Waals surface area contributed by atoms with E-state index < -0.39 is 11.6 Å². The molecule has 0 aliphatic carbocycles. The minimum absolute atomic E-state index is 0.0907. The second kappa shape index (κ2) is 8.78. The van der Waals surface area contributed by atoms with Gasteiger partial charge in [-0.2, -0.15) is 0 Å². The topological polar surface area (TPSA) is 115 Å². The van der Waals surface area contributed by atoms with Crippen LogP contribution >= 0.6 is 0 Å². The Bertz CT molecular complexity index is 1240. The maximum atomic E-state index is 14.0. The average molecular weight is 436 g/mol. The third-order valence-corrected chi connectivity index (χ3v) is 5.68. The van der Waals surface area contributed by atoms with Gasteiger partial charge in [0.15, 0.2) is 5.82 Å². The fourth-order valence-corrected chi connectivity index (χ4v) is 3.93. The van der Waals surface area contributed by atoms with Crippen LogP contribution in [0.2, 0.25) is 0 Å². The first-order chi connectivity index (χ1) is 15.3. The quantitative estimate of drug-likeness (QED) is 0.547. The minimum atomic E-state index is -0.626. The summed E-state index contributed by atoms with van der Waals surface area (Å²) in [5.74, 6) is -0.0853. The van der Waals surface area contributed by atoms with Crippen molar-refractivity contribution in [2.75, 3.05) is 11.1 Å². The zero-order chi connectivity index (χ0) is 22.8. The Balaban J connectivity index is 1.49. The number of nitrogen functional groups attached to an aromatic ring is 1. The summed E-state index contributed by atoms with van der Waals surface area (Å²) >= 11 is 0. The highest BCUT2D eigenvalue weighted by Crippen LogP contribution is 2.24. The molecule has 0 unspecified atom stereocenters. The molecule has 0 saturated carbocycles. The number of hydrogen-bond donors (Lipinski definition) is 3. The van der Waals surface area contributed by atoms with Gasteiger partial charge in [0.25, 0.3) is 5.56 Å². The maximum Gasteiger partial charge on any atom is 0.294 e. The summed E-state index contributed by atoms with van der Waals surface area (Å²) in [4.78, 5) is 34.3. The molecule has 4 N–H and O–H groups in total. The number of hydrogen-bond acceptors (Lipinski definition) is 6. The molecule has 0 bridgehead atoms. The van der Waals surface area contributed by atoms with E-state index in [9.17, 15) is 14.0 Å². The van der Waals surface area contributed by atoms with E-state index in [1.54, 1.807) is 24.4 Å². The van der Waals surface area contributed by atoms with Gasteiger partial charge < -0.3 is 16.4 Å². The fraction of sp³-hybridized carbons (Fsp3) is 0.304. The first-order valence-electron chi connectivity index (χ1n) is 10.4. The molecular weight excluding hydrogens is 411 g/mol. The predicted molar refractivity (Wildman–Crippen MR) is 120 cm³/mol. The van der Waals surface area contributed by atoms with Gasteiger partial charge in [-0.3, -0.25) is 14.2 Å². The van der Waals surface area contributed by atoms with Crippen molar-refractivity contribution in [1.29, 1.82) is 0 Å². The lowest BCUT2D eigenvalue weighted by molar-refractivity contribution is -0.124. The molecule has 8 nitrogen and oxygen atoms in total. The van der Waals surface area contributed by atoms with Crippen LogP contribution in [0.15, 0.2) is 41.3 Å². The highest BCUT2D eigenvalue weighted by atomic mass is 19.1. The van der Waals surface area contributed by atoms with E-state index in [4.69, 9.17) is 5.73 Å². The Kier molecular flexibility index (Phi) is 5.89. The maximum absolute atomic E-state index is 14.0. The molecular formula is C23H25FN6O2. The summed E-state index contributed by atoms with van der Waals surface area (Å²) in [7, 11) is 0. The highest BCUT2D eigenvalue weighted by Gasteiger charge is 2.30. The van der Waals surface area contributed by atoms with Crippen LogP contribution < -0.4 is 21.9 Å². The number of nitrogens with two attached hydrogens (primary N) is 1. The van der Waals surface area contributed by atoms with Crippen LogP contribution in [0, 0.1) is 19.7 Å². The number of aryl methyl sites for hydroxylation is 3. The van der Waals surface area contributed by atoms with Gasteiger partial charge in [-0.05, 0) is 44.4 Å². The molecule has 4 rings (SSSR count). The number of carbonyl (C=O) groups excluding carboxylic acids is 1. The second-order valence-electron chi connectivity index (χ2n) is 7.97. The van der Waals surface area contributed by atoms with Crippen LogP contribution in [-0.2, 0) is 24.3 Å². The molecule has 0 fully saturated rings. The summed E-state index contributed by atoms with van der Waals surface area (Å²) in [6.07, 6.45) is 2.69. The van der Waals surface area contributed by atoms with Gasteiger partial charge in [0, 0.05) is 36.2 Å². The van der Waals surface area contributed by atoms with Crippen molar-refractivity contribution in [1.82, 2.24) is 19.9 Å². The van der Waals surface area contributed by atoms with Gasteiger partial charge in [-0.15, -0.1) is 0 Å². The number of amides is 1. The molecule has 1 aliphatic heterocycles. The van der Waals surface area contributed by atoms with E-state index in [-0.39, 0.29) is 24.1 Å². The van der Waals surface area contributed by atoms with E-state index in [0.717, 1.165) is 16.8 Å². The van der Waals surface area contributed by atoms with Crippen LogP contribution in [0.1, 0.15) is 40.5 Å². The lowest BCUT2D eigenvalue weighted by Crippen LogP contribution is -2.36. The molecule has 32 heavy (non-hydrogen) atoms. The number of nitrogens with zero attached hydrogens (tertiary/aromatic N) is 3. The SMILES string of the molecule is Cc1ccc(F)c(CNc2ncc3n(c2=O)[C@H](C(=O)NCc2ccc(N)nc2C)CC3)c1. The van der Waals surface area contributed by atoms with Crippen LogP contribution in [0.3, 0.4) is 0 Å². The molecule has 0 radical (unpaired) electrons. The Morgan fingerprint density at radius 3 is 2.81 bits per heavy atom. The van der Waals surface area contributed by atoms with Gasteiger partial charge in [-0.1, -0.05) is 23.8 Å². The van der Waals surface area contributed by atoms with Crippen molar-refractivity contribution in [3.8, 4) is 0 Å². The molecule has 9 heteroatoms. The first-order valence-corrected chi connectivity index (χ1v) is 10.4. The number of anilines is 2. The fourth-order valence-electron chi connectivity index (χ4n) is 3.93. The van der Waals surface area contributed by atoms with Crippen molar-refractivity contribution in [2.24, 2.45) is 0 Å². The van der Waals surface area contributed by atoms with Gasteiger partial charge in [0.05, 0.1) is 0 Å². The molecule has 166 valence electrons. The van der Waals surface area contributed by atoms with Crippen molar-refractivity contribution in [3.05, 3.63) is 80.8 Å². The zero-order valence-electron chi connectivity index (χ0n) is 18.0. The Hall–Kier alpha value is -3.75. The van der Waals surface area contributed by atoms with Crippen molar-refractivity contribution >= 4 is 17.5 Å². The molecule has 1 aliphatic rings. The number of aromatic nitrogens is 3. The molecule has 1 aromatic carbocycles. The van der Waals surface area contributed by atoms with Gasteiger partial charge in [0.1, 0.15) is 17.7 Å². The minimum Gasteiger partial charge on any atom is -0.384 e. The highest BCUT2D eigenvalue weighted by molar-refractivity contribution is 5.81. The van der Waals surface area contributed by atoms with Crippen molar-refractivity contribution < 1.29 is 9.18 Å². The monoisotopic (exact) mass is 436 g/mol. The molecule has 1 amide bonds. The number of carbonyl (C=O) groups is 1. The third kappa shape index (κ3) is 4.32. The van der Waals surface area contributed by atoms with Crippen LogP contribution in [0.5, 0.6) is 0 Å². The summed E-state index contributed by atoms with van der Waals surface area (Å²) in [5, 5.41) is 5.81. The normalized spacial score (nSPS) is 14.8. The number of rotatable bonds is 6. The zero-order valence-corrected chi connectivity index (χ0v) is 18.0. The molecule has 3 aromatic rings. The largest absolute Gasteiger partial charge is 0.384 e. The number of benzene rings is 1. The average Bonchev–Trinajstić information content (AvgIpc) is 3.20. The van der Waals surface area contributed by atoms with E-state index in [1.807, 2.05) is 19.9 Å². The number of pyridine rings is 1. The summed E-state index contributed by atoms with van der Waals surface area (Å²) in [5.41, 5.74) is 8.95. The van der Waals surface area contributed by atoms with Crippen LogP contribution in [0.25, 0.3) is 0 Å². The summed E-state index contributed by atoms with van der Waals surface area (Å²) < 4.78 is 15.5. The third-order valence-electron chi connectivity index (χ3n) is 5.68. The predicted octanol–water partition coefficient (Wildman–Crippen LogP) is 2.39. The number of halogens is 1. The van der Waals surface area contributed by atoms with E-state index in [1.165, 1.54) is 10.6 Å². The smallest absolute Gasteiger partial charge is 0.294 e. The lowest BCUT2D eigenvalue weighted by atomic mass is 10.1. The van der Waals surface area contributed by atoms with E-state index >= 15 is 0 Å². The number of fused-ring (bicyclic) bond motifs is 1. The van der Waals surface area contributed by atoms with Crippen LogP contribution in [0.4, 0.5) is 16.0 Å². The molecule has 1 atom stereocenters. The standard InChI is InChI=1S/C23H25FN6O2/c1-13-3-6-18(24)16(9-13)11-26-21-23(32)30-17(12-27-21)5-7-19(30)22(31)28-10-15-4-8-20(25)29-14(15)2/h3-4,6,8-9,12,19H,5,7,10-11H2,1-2H3,(H2,25,29)(H,26,27)(H,28,31)/t19-/m0/s1. The van der Waals surface area contributed by atoms with Crippen molar-refractivity contribution in [3.63, 3.8) is 0 Å². The molecule has 2 aromatic heterocycles. The molecule has 0 saturated heterocycles. The molecule has 0 spiro atoms. The Labute approximate surface area is 184 Å². The van der Waals surface area contributed by atoms with Gasteiger partial charge in [-0.25, -0.2) is 14.4 Å². The lowest BCUT2D eigenvalue weighted by Gasteiger charge is -2.16. The first kappa shape index (κ1) is 21.5.